The normalized spacial score (nSPS) is 16.7. The summed E-state index contributed by atoms with van der Waals surface area (Å²) in [6.45, 7) is 1.32. The van der Waals surface area contributed by atoms with Crippen LogP contribution in [0, 0.1) is 0 Å². The van der Waals surface area contributed by atoms with Crippen molar-refractivity contribution in [3.63, 3.8) is 0 Å². The molecule has 0 unspecified atom stereocenters. The number of thioether (sulfide) groups is 1. The molecule has 1 fully saturated rings. The summed E-state index contributed by atoms with van der Waals surface area (Å²) in [6.07, 6.45) is 3.62. The van der Waals surface area contributed by atoms with Gasteiger partial charge in [-0.15, -0.1) is 5.10 Å². The topological polar surface area (TPSA) is 94.8 Å². The third kappa shape index (κ3) is 4.20. The minimum absolute atomic E-state index is 0.0653. The molecule has 2 aromatic heterocycles. The molecule has 1 N–H and O–H groups in total. The first kappa shape index (κ1) is 18.1. The molecule has 4 rings (SSSR count). The van der Waals surface area contributed by atoms with E-state index in [-0.39, 0.29) is 17.8 Å². The number of rotatable bonds is 6. The van der Waals surface area contributed by atoms with Crippen LogP contribution in [-0.4, -0.2) is 55.9 Å². The molecule has 1 atom stereocenters. The minimum Gasteiger partial charge on any atom is -0.376 e. The van der Waals surface area contributed by atoms with E-state index in [1.807, 2.05) is 12.1 Å². The number of aromatic nitrogens is 5. The Labute approximate surface area is 164 Å². The smallest absolute Gasteiger partial charge is 0.230 e. The minimum atomic E-state index is -0.0653. The maximum atomic E-state index is 12.1. The molecule has 0 spiro atoms. The Bertz CT molecular complexity index is 960. The molecule has 3 heterocycles. The zero-order valence-electron chi connectivity index (χ0n) is 14.3. The van der Waals surface area contributed by atoms with Crippen LogP contribution in [0.3, 0.4) is 0 Å². The molecular weight excluding hydrogens is 388 g/mol. The molecule has 1 aromatic carbocycles. The fourth-order valence-corrected chi connectivity index (χ4v) is 3.78. The van der Waals surface area contributed by atoms with Crippen LogP contribution in [0.15, 0.2) is 35.6 Å². The van der Waals surface area contributed by atoms with Crippen molar-refractivity contribution in [3.05, 3.63) is 35.6 Å². The molecule has 1 aliphatic rings. The highest BCUT2D eigenvalue weighted by Crippen LogP contribution is 2.24. The highest BCUT2D eigenvalue weighted by Gasteiger charge is 2.17. The number of nitrogens with zero attached hydrogens (tertiary/aromatic N) is 5. The van der Waals surface area contributed by atoms with Crippen LogP contribution in [0.4, 0.5) is 0 Å². The van der Waals surface area contributed by atoms with Crippen LogP contribution in [-0.2, 0) is 9.53 Å². The molecule has 1 amide bonds. The van der Waals surface area contributed by atoms with Crippen molar-refractivity contribution >= 4 is 40.4 Å². The Morgan fingerprint density at radius 3 is 3.15 bits per heavy atom. The van der Waals surface area contributed by atoms with Gasteiger partial charge in [0.15, 0.2) is 11.2 Å². The third-order valence-corrected chi connectivity index (χ3v) is 5.36. The van der Waals surface area contributed by atoms with Crippen LogP contribution in [0.25, 0.3) is 16.9 Å². The average Bonchev–Trinajstić information content (AvgIpc) is 3.34. The number of ether oxygens (including phenoxy) is 1. The second-order valence-electron chi connectivity index (χ2n) is 6.06. The van der Waals surface area contributed by atoms with Gasteiger partial charge in [0, 0.05) is 18.2 Å². The van der Waals surface area contributed by atoms with E-state index in [0.29, 0.717) is 27.8 Å². The Morgan fingerprint density at radius 2 is 2.33 bits per heavy atom. The number of hydrogen-bond donors (Lipinski definition) is 1. The number of halogens is 1. The fraction of sp³-hybridized carbons (Fsp3) is 0.353. The number of fused-ring (bicyclic) bond motifs is 1. The number of amides is 1. The monoisotopic (exact) mass is 404 g/mol. The number of carbonyl (C=O) groups excluding carboxylic acids is 1. The van der Waals surface area contributed by atoms with E-state index in [4.69, 9.17) is 16.3 Å². The molecule has 0 radical (unpaired) electrons. The van der Waals surface area contributed by atoms with E-state index in [1.54, 1.807) is 16.8 Å². The highest BCUT2D eigenvalue weighted by atomic mass is 35.5. The molecule has 1 aliphatic heterocycles. The first-order valence-corrected chi connectivity index (χ1v) is 9.90. The molecule has 8 nitrogen and oxygen atoms in total. The number of hydrogen-bond acceptors (Lipinski definition) is 7. The van der Waals surface area contributed by atoms with Gasteiger partial charge < -0.3 is 10.1 Å². The summed E-state index contributed by atoms with van der Waals surface area (Å²) in [5.41, 5.74) is 1.87. The van der Waals surface area contributed by atoms with E-state index in [2.05, 4.69) is 25.6 Å². The van der Waals surface area contributed by atoms with E-state index < -0.39 is 0 Å². The van der Waals surface area contributed by atoms with Crippen LogP contribution >= 0.6 is 23.4 Å². The second kappa shape index (κ2) is 8.20. The second-order valence-corrected chi connectivity index (χ2v) is 7.46. The average molecular weight is 405 g/mol. The Kier molecular flexibility index (Phi) is 5.51. The summed E-state index contributed by atoms with van der Waals surface area (Å²) in [6, 6.07) is 7.27. The standard InChI is InChI=1S/C17H17ClN6O2S/c18-11-3-1-4-12(7-11)24-16-15(22-23-24)17(21-10-20-16)27-9-14(25)19-8-13-5-2-6-26-13/h1,3-4,7,10,13H,2,5-6,8-9H2,(H,19,25)/t13-/m0/s1. The van der Waals surface area contributed by atoms with E-state index in [0.717, 1.165) is 25.1 Å². The van der Waals surface area contributed by atoms with Gasteiger partial charge in [-0.3, -0.25) is 4.79 Å². The summed E-state index contributed by atoms with van der Waals surface area (Å²) in [5, 5.41) is 12.4. The van der Waals surface area contributed by atoms with Crippen molar-refractivity contribution < 1.29 is 9.53 Å². The van der Waals surface area contributed by atoms with Crippen LogP contribution in [0.5, 0.6) is 0 Å². The van der Waals surface area contributed by atoms with Crippen molar-refractivity contribution in [2.45, 2.75) is 24.0 Å². The zero-order chi connectivity index (χ0) is 18.6. The summed E-state index contributed by atoms with van der Waals surface area (Å²) >= 11 is 7.36. The van der Waals surface area contributed by atoms with E-state index >= 15 is 0 Å². The molecule has 140 valence electrons. The molecule has 3 aromatic rings. The first-order chi connectivity index (χ1) is 13.2. The van der Waals surface area contributed by atoms with E-state index in [1.165, 1.54) is 18.1 Å². The van der Waals surface area contributed by atoms with Crippen LogP contribution in [0.2, 0.25) is 5.02 Å². The predicted octanol–water partition coefficient (Wildman–Crippen LogP) is 2.25. The zero-order valence-corrected chi connectivity index (χ0v) is 15.9. The lowest BCUT2D eigenvalue weighted by Crippen LogP contribution is -2.32. The van der Waals surface area contributed by atoms with E-state index in [9.17, 15) is 4.79 Å². The van der Waals surface area contributed by atoms with Gasteiger partial charge in [0.05, 0.1) is 17.5 Å². The lowest BCUT2D eigenvalue weighted by molar-refractivity contribution is -0.119. The first-order valence-electron chi connectivity index (χ1n) is 8.54. The molecule has 0 bridgehead atoms. The van der Waals surface area contributed by atoms with Gasteiger partial charge in [-0.05, 0) is 31.0 Å². The number of nitrogens with one attached hydrogen (secondary N) is 1. The third-order valence-electron chi connectivity index (χ3n) is 4.15. The molecule has 0 aliphatic carbocycles. The number of benzene rings is 1. The SMILES string of the molecule is O=C(CSc1ncnc2c1nnn2-c1cccc(Cl)c1)NC[C@@H]1CCCO1. The van der Waals surface area contributed by atoms with Gasteiger partial charge in [0.1, 0.15) is 11.4 Å². The summed E-state index contributed by atoms with van der Waals surface area (Å²) in [7, 11) is 0. The maximum absolute atomic E-state index is 12.1. The summed E-state index contributed by atoms with van der Waals surface area (Å²) in [4.78, 5) is 20.6. The molecule has 10 heteroatoms. The van der Waals surface area contributed by atoms with Gasteiger partial charge in [0.25, 0.3) is 0 Å². The summed E-state index contributed by atoms with van der Waals surface area (Å²) in [5.74, 6) is 0.174. The number of carbonyl (C=O) groups is 1. The molecule has 1 saturated heterocycles. The van der Waals surface area contributed by atoms with Crippen molar-refractivity contribution in [1.82, 2.24) is 30.3 Å². The highest BCUT2D eigenvalue weighted by molar-refractivity contribution is 8.00. The lowest BCUT2D eigenvalue weighted by Gasteiger charge is -2.10. The maximum Gasteiger partial charge on any atom is 0.230 e. The molecule has 0 saturated carbocycles. The van der Waals surface area contributed by atoms with Crippen molar-refractivity contribution in [2.75, 3.05) is 18.9 Å². The quantitative estimate of drug-likeness (QED) is 0.497. The summed E-state index contributed by atoms with van der Waals surface area (Å²) < 4.78 is 7.11. The van der Waals surface area contributed by atoms with Gasteiger partial charge in [-0.25, -0.2) is 9.97 Å². The Morgan fingerprint density at radius 1 is 1.41 bits per heavy atom. The van der Waals surface area contributed by atoms with Gasteiger partial charge in [0.2, 0.25) is 5.91 Å². The van der Waals surface area contributed by atoms with Crippen LogP contribution < -0.4 is 5.32 Å². The fourth-order valence-electron chi connectivity index (χ4n) is 2.83. The largest absolute Gasteiger partial charge is 0.376 e. The molecular formula is C17H17ClN6O2S. The molecule has 27 heavy (non-hydrogen) atoms. The van der Waals surface area contributed by atoms with Gasteiger partial charge >= 0.3 is 0 Å². The van der Waals surface area contributed by atoms with Crippen molar-refractivity contribution in [2.24, 2.45) is 0 Å². The Hall–Kier alpha value is -2.23. The van der Waals surface area contributed by atoms with Crippen molar-refractivity contribution in [3.8, 4) is 5.69 Å². The van der Waals surface area contributed by atoms with Crippen molar-refractivity contribution in [1.29, 1.82) is 0 Å². The predicted molar refractivity (Wildman–Crippen MR) is 102 cm³/mol. The van der Waals surface area contributed by atoms with Crippen LogP contribution in [0.1, 0.15) is 12.8 Å². The Balaban J connectivity index is 1.45. The van der Waals surface area contributed by atoms with Gasteiger partial charge in [-0.1, -0.05) is 34.6 Å². The lowest BCUT2D eigenvalue weighted by atomic mass is 10.2. The van der Waals surface area contributed by atoms with Gasteiger partial charge in [-0.2, -0.15) is 4.68 Å².